The molecule has 0 rings (SSSR count). The van der Waals surface area contributed by atoms with E-state index in [9.17, 15) is 14.4 Å². The first-order valence-corrected chi connectivity index (χ1v) is 32.4. The van der Waals surface area contributed by atoms with Gasteiger partial charge in [0.2, 0.25) is 0 Å². The molecule has 0 saturated heterocycles. The highest BCUT2D eigenvalue weighted by atomic mass is 16.6. The molecule has 6 heteroatoms. The Labute approximate surface area is 476 Å². The highest BCUT2D eigenvalue weighted by molar-refractivity contribution is 5.71. The number of ether oxygens (including phenoxy) is 3. The minimum Gasteiger partial charge on any atom is -0.462 e. The van der Waals surface area contributed by atoms with Gasteiger partial charge in [0, 0.05) is 19.3 Å². The maximum atomic E-state index is 12.8. The summed E-state index contributed by atoms with van der Waals surface area (Å²) in [5.74, 6) is -1.02. The fraction of sp³-hybridized carbons (Fsp3) is 0.704. The van der Waals surface area contributed by atoms with Crippen LogP contribution in [-0.4, -0.2) is 37.2 Å². The zero-order valence-corrected chi connectivity index (χ0v) is 50.4. The first-order chi connectivity index (χ1) is 38.0. The molecule has 0 bridgehead atoms. The fourth-order valence-corrected chi connectivity index (χ4v) is 8.97. The van der Waals surface area contributed by atoms with Gasteiger partial charge in [-0.1, -0.05) is 284 Å². The van der Waals surface area contributed by atoms with E-state index in [-0.39, 0.29) is 31.6 Å². The molecule has 0 N–H and O–H groups in total. The molecule has 0 fully saturated rings. The lowest BCUT2D eigenvalue weighted by Crippen LogP contribution is -2.30. The number of rotatable bonds is 58. The Morgan fingerprint density at radius 2 is 0.532 bits per heavy atom. The third-order valence-electron chi connectivity index (χ3n) is 13.8. The second-order valence-corrected chi connectivity index (χ2v) is 21.3. The lowest BCUT2D eigenvalue weighted by molar-refractivity contribution is -0.166. The minimum absolute atomic E-state index is 0.115. The summed E-state index contributed by atoms with van der Waals surface area (Å²) >= 11 is 0. The Balaban J connectivity index is 4.14. The fourth-order valence-electron chi connectivity index (χ4n) is 8.97. The SMILES string of the molecule is CC/C=C\C/C=C\C/C=C\C/C=C\CCC(=O)OC(COC(=O)CCCCC/C=C\C/C=C\C/C=C\CC)COC(=O)CCCCCCCCCCCCCCCCCCCCCCC/C=C\C/C=C\CCCCCCC. The smallest absolute Gasteiger partial charge is 0.306 e. The van der Waals surface area contributed by atoms with Crippen molar-refractivity contribution in [2.75, 3.05) is 13.2 Å². The van der Waals surface area contributed by atoms with E-state index < -0.39 is 12.1 Å². The molecule has 0 aliphatic heterocycles. The predicted molar refractivity (Wildman–Crippen MR) is 334 cm³/mol. The van der Waals surface area contributed by atoms with Crippen molar-refractivity contribution in [3.8, 4) is 0 Å². The molecule has 0 aliphatic carbocycles. The number of hydrogen-bond donors (Lipinski definition) is 0. The third-order valence-corrected chi connectivity index (χ3v) is 13.8. The molecule has 1 atom stereocenters. The lowest BCUT2D eigenvalue weighted by atomic mass is 10.0. The summed E-state index contributed by atoms with van der Waals surface area (Å²) in [6.07, 6.45) is 88.6. The summed E-state index contributed by atoms with van der Waals surface area (Å²) in [5.41, 5.74) is 0. The molecule has 0 aromatic heterocycles. The molecular formula is C71H120O6. The highest BCUT2D eigenvalue weighted by Gasteiger charge is 2.19. The second-order valence-electron chi connectivity index (χ2n) is 21.3. The van der Waals surface area contributed by atoms with Crippen LogP contribution in [0.5, 0.6) is 0 Å². The average molecular weight is 1070 g/mol. The molecule has 6 nitrogen and oxygen atoms in total. The number of allylic oxidation sites excluding steroid dienone is 18. The zero-order valence-electron chi connectivity index (χ0n) is 50.4. The van der Waals surface area contributed by atoms with Crippen LogP contribution in [0.3, 0.4) is 0 Å². The largest absolute Gasteiger partial charge is 0.462 e. The van der Waals surface area contributed by atoms with Gasteiger partial charge in [0.15, 0.2) is 6.10 Å². The molecule has 0 aromatic carbocycles. The molecule has 77 heavy (non-hydrogen) atoms. The Morgan fingerprint density at radius 3 is 0.857 bits per heavy atom. The van der Waals surface area contributed by atoms with Crippen LogP contribution in [0.1, 0.15) is 303 Å². The molecule has 1 unspecified atom stereocenters. The van der Waals surface area contributed by atoms with Crippen LogP contribution in [-0.2, 0) is 28.6 Å². The van der Waals surface area contributed by atoms with Crippen molar-refractivity contribution in [2.24, 2.45) is 0 Å². The van der Waals surface area contributed by atoms with Crippen LogP contribution in [0.25, 0.3) is 0 Å². The monoisotopic (exact) mass is 1070 g/mol. The summed E-state index contributed by atoms with van der Waals surface area (Å²) in [5, 5.41) is 0. The van der Waals surface area contributed by atoms with Gasteiger partial charge >= 0.3 is 17.9 Å². The Kier molecular flexibility index (Phi) is 61.3. The van der Waals surface area contributed by atoms with E-state index in [0.29, 0.717) is 19.3 Å². The summed E-state index contributed by atoms with van der Waals surface area (Å²) in [7, 11) is 0. The van der Waals surface area contributed by atoms with Gasteiger partial charge in [0.1, 0.15) is 13.2 Å². The van der Waals surface area contributed by atoms with Gasteiger partial charge in [0.05, 0.1) is 0 Å². The summed E-state index contributed by atoms with van der Waals surface area (Å²) in [6.45, 7) is 6.32. The summed E-state index contributed by atoms with van der Waals surface area (Å²) in [4.78, 5) is 38.1. The number of carbonyl (C=O) groups excluding carboxylic acids is 3. The van der Waals surface area contributed by atoms with Crippen molar-refractivity contribution in [3.63, 3.8) is 0 Å². The van der Waals surface area contributed by atoms with Gasteiger partial charge in [-0.15, -0.1) is 0 Å². The van der Waals surface area contributed by atoms with Gasteiger partial charge < -0.3 is 14.2 Å². The molecule has 0 aliphatic rings. The topological polar surface area (TPSA) is 78.9 Å². The van der Waals surface area contributed by atoms with Gasteiger partial charge in [-0.25, -0.2) is 0 Å². The van der Waals surface area contributed by atoms with Gasteiger partial charge in [-0.05, 0) is 109 Å². The van der Waals surface area contributed by atoms with Crippen LogP contribution in [0.2, 0.25) is 0 Å². The van der Waals surface area contributed by atoms with Crippen molar-refractivity contribution in [1.82, 2.24) is 0 Å². The standard InChI is InChI=1S/C71H120O6/c1-4-7-10-13-16-19-22-25-26-27-28-29-30-31-32-33-34-35-36-37-38-39-40-41-42-43-44-47-49-52-55-58-61-64-70(73)76-67-68(77-71(74)65-62-59-56-53-50-46-24-21-18-15-12-9-6-3)66-75-69(72)63-60-57-54-51-48-45-23-20-17-14-11-8-5-2/h8-9,11-12,17-18,20-22,25,27-28,45-46,48,50,56,59,68H,4-7,10,13-16,19,23-24,26,29-44,47,49,51-55,57-58,60-67H2,1-3H3/b11-8-,12-9-,20-17-,21-18-,25-22-,28-27-,48-45-,50-46-,59-56-. The second kappa shape index (κ2) is 64.6. The van der Waals surface area contributed by atoms with Gasteiger partial charge in [0.25, 0.3) is 0 Å². The lowest BCUT2D eigenvalue weighted by Gasteiger charge is -2.18. The Hall–Kier alpha value is -3.93. The number of carbonyl (C=O) groups is 3. The number of esters is 3. The van der Waals surface area contributed by atoms with Crippen LogP contribution in [0, 0.1) is 0 Å². The number of unbranched alkanes of at least 4 members (excludes halogenated alkanes) is 29. The van der Waals surface area contributed by atoms with E-state index in [0.717, 1.165) is 96.3 Å². The first kappa shape index (κ1) is 73.1. The molecule has 0 heterocycles. The highest BCUT2D eigenvalue weighted by Crippen LogP contribution is 2.17. The Morgan fingerprint density at radius 1 is 0.273 bits per heavy atom. The van der Waals surface area contributed by atoms with Gasteiger partial charge in [-0.3, -0.25) is 14.4 Å². The van der Waals surface area contributed by atoms with E-state index in [4.69, 9.17) is 14.2 Å². The molecule has 0 aromatic rings. The molecule has 0 radical (unpaired) electrons. The number of hydrogen-bond acceptors (Lipinski definition) is 6. The van der Waals surface area contributed by atoms with Crippen molar-refractivity contribution >= 4 is 17.9 Å². The molecule has 440 valence electrons. The van der Waals surface area contributed by atoms with Crippen molar-refractivity contribution in [3.05, 3.63) is 109 Å². The van der Waals surface area contributed by atoms with Crippen molar-refractivity contribution < 1.29 is 28.6 Å². The maximum absolute atomic E-state index is 12.8. The molecule has 0 amide bonds. The third kappa shape index (κ3) is 62.8. The maximum Gasteiger partial charge on any atom is 0.306 e. The quantitative estimate of drug-likeness (QED) is 0.0261. The van der Waals surface area contributed by atoms with E-state index in [1.54, 1.807) is 0 Å². The van der Waals surface area contributed by atoms with Crippen LogP contribution in [0.4, 0.5) is 0 Å². The average Bonchev–Trinajstić information content (AvgIpc) is 3.43. The normalized spacial score (nSPS) is 12.8. The van der Waals surface area contributed by atoms with Crippen LogP contribution in [0.15, 0.2) is 109 Å². The van der Waals surface area contributed by atoms with E-state index in [1.807, 2.05) is 12.2 Å². The Bertz CT molecular complexity index is 1560. The molecular weight excluding hydrogens is 949 g/mol. The van der Waals surface area contributed by atoms with E-state index >= 15 is 0 Å². The van der Waals surface area contributed by atoms with E-state index in [1.165, 1.54) is 161 Å². The van der Waals surface area contributed by atoms with Crippen LogP contribution >= 0.6 is 0 Å². The summed E-state index contributed by atoms with van der Waals surface area (Å²) in [6, 6.07) is 0. The first-order valence-electron chi connectivity index (χ1n) is 32.4. The van der Waals surface area contributed by atoms with Crippen molar-refractivity contribution in [1.29, 1.82) is 0 Å². The zero-order chi connectivity index (χ0) is 55.7. The minimum atomic E-state index is -0.828. The summed E-state index contributed by atoms with van der Waals surface area (Å²) < 4.78 is 16.8. The predicted octanol–water partition coefficient (Wildman–Crippen LogP) is 22.2. The van der Waals surface area contributed by atoms with E-state index in [2.05, 4.69) is 118 Å². The van der Waals surface area contributed by atoms with Crippen molar-refractivity contribution in [2.45, 2.75) is 309 Å². The van der Waals surface area contributed by atoms with Gasteiger partial charge in [-0.2, -0.15) is 0 Å². The molecule has 0 saturated carbocycles. The molecule has 0 spiro atoms. The van der Waals surface area contributed by atoms with Crippen LogP contribution < -0.4 is 0 Å².